The Balaban J connectivity index is 1.76. The van der Waals surface area contributed by atoms with Crippen molar-refractivity contribution < 1.29 is 5.11 Å². The van der Waals surface area contributed by atoms with Crippen LogP contribution in [0.5, 0.6) is 0 Å². The lowest BCUT2D eigenvalue weighted by atomic mass is 10.0. The molecule has 0 radical (unpaired) electrons. The second kappa shape index (κ2) is 14.2. The van der Waals surface area contributed by atoms with Gasteiger partial charge in [-0.2, -0.15) is 0 Å². The zero-order valence-corrected chi connectivity index (χ0v) is 15.3. The van der Waals surface area contributed by atoms with Crippen molar-refractivity contribution in [1.29, 1.82) is 0 Å². The molecule has 3 heteroatoms. The molecule has 0 aromatic carbocycles. The quantitative estimate of drug-likeness (QED) is 0.366. The fourth-order valence-electron chi connectivity index (χ4n) is 2.88. The van der Waals surface area contributed by atoms with Crippen molar-refractivity contribution in [2.75, 3.05) is 0 Å². The van der Waals surface area contributed by atoms with E-state index in [-0.39, 0.29) is 6.10 Å². The highest BCUT2D eigenvalue weighted by molar-refractivity contribution is 7.09. The van der Waals surface area contributed by atoms with Crippen molar-refractivity contribution in [3.8, 4) is 0 Å². The predicted molar refractivity (Wildman–Crippen MR) is 97.4 cm³/mol. The van der Waals surface area contributed by atoms with Gasteiger partial charge in [-0.15, -0.1) is 11.3 Å². The summed E-state index contributed by atoms with van der Waals surface area (Å²) in [6, 6.07) is 0. The molecule has 0 spiro atoms. The first-order valence-corrected chi connectivity index (χ1v) is 10.3. The number of aromatic nitrogens is 1. The van der Waals surface area contributed by atoms with Crippen molar-refractivity contribution >= 4 is 11.3 Å². The molecule has 0 aliphatic carbocycles. The van der Waals surface area contributed by atoms with Gasteiger partial charge in [0.25, 0.3) is 0 Å². The average molecular weight is 326 g/mol. The second-order valence-corrected chi connectivity index (χ2v) is 7.34. The molecule has 0 amide bonds. The van der Waals surface area contributed by atoms with Gasteiger partial charge in [0.2, 0.25) is 0 Å². The number of hydrogen-bond donors (Lipinski definition) is 1. The van der Waals surface area contributed by atoms with E-state index in [1.165, 1.54) is 77.0 Å². The lowest BCUT2D eigenvalue weighted by Crippen LogP contribution is -1.96. The summed E-state index contributed by atoms with van der Waals surface area (Å²) in [5.74, 6) is 0. The zero-order valence-electron chi connectivity index (χ0n) is 14.4. The van der Waals surface area contributed by atoms with Gasteiger partial charge in [-0.05, 0) is 6.42 Å². The Morgan fingerprint density at radius 1 is 0.864 bits per heavy atom. The highest BCUT2D eigenvalue weighted by atomic mass is 32.1. The minimum Gasteiger partial charge on any atom is -0.386 e. The molecule has 2 nitrogen and oxygen atoms in total. The van der Waals surface area contributed by atoms with E-state index in [0.29, 0.717) is 0 Å². The maximum atomic E-state index is 9.93. The van der Waals surface area contributed by atoms with Crippen molar-refractivity contribution in [2.24, 2.45) is 0 Å². The first-order chi connectivity index (χ1) is 10.8. The van der Waals surface area contributed by atoms with E-state index in [1.807, 2.05) is 5.38 Å². The van der Waals surface area contributed by atoms with E-state index < -0.39 is 0 Å². The van der Waals surface area contributed by atoms with Gasteiger partial charge in [0, 0.05) is 11.6 Å². The van der Waals surface area contributed by atoms with Crippen LogP contribution >= 0.6 is 11.3 Å². The molecule has 1 aromatic heterocycles. The molecule has 0 bridgehead atoms. The van der Waals surface area contributed by atoms with Crippen molar-refractivity contribution in [3.63, 3.8) is 0 Å². The lowest BCUT2D eigenvalue weighted by molar-refractivity contribution is 0.163. The number of aliphatic hydroxyl groups is 1. The lowest BCUT2D eigenvalue weighted by Gasteiger charge is -2.07. The Kier molecular flexibility index (Phi) is 12.7. The number of nitrogens with zero attached hydrogens (tertiary/aromatic N) is 1. The highest BCUT2D eigenvalue weighted by Gasteiger charge is 2.08. The van der Waals surface area contributed by atoms with Crippen LogP contribution in [0.1, 0.15) is 108 Å². The van der Waals surface area contributed by atoms with Crippen molar-refractivity contribution in [3.05, 3.63) is 16.6 Å². The molecule has 1 atom stereocenters. The Morgan fingerprint density at radius 2 is 1.36 bits per heavy atom. The summed E-state index contributed by atoms with van der Waals surface area (Å²) in [6.45, 7) is 2.28. The van der Waals surface area contributed by atoms with Gasteiger partial charge < -0.3 is 5.11 Å². The van der Waals surface area contributed by atoms with Gasteiger partial charge in [0.15, 0.2) is 0 Å². The average Bonchev–Trinajstić information content (AvgIpc) is 3.06. The maximum Gasteiger partial charge on any atom is 0.121 e. The van der Waals surface area contributed by atoms with Crippen LogP contribution in [0, 0.1) is 0 Å². The molecular weight excluding hydrogens is 290 g/mol. The van der Waals surface area contributed by atoms with E-state index in [9.17, 15) is 5.11 Å². The van der Waals surface area contributed by atoms with Gasteiger partial charge in [-0.3, -0.25) is 0 Å². The minimum absolute atomic E-state index is 0.340. The van der Waals surface area contributed by atoms with Crippen LogP contribution in [0.2, 0.25) is 0 Å². The zero-order chi connectivity index (χ0) is 15.9. The van der Waals surface area contributed by atoms with Crippen LogP contribution in [-0.4, -0.2) is 10.1 Å². The molecule has 1 aromatic rings. The van der Waals surface area contributed by atoms with Gasteiger partial charge in [0.05, 0.1) is 0 Å². The first-order valence-electron chi connectivity index (χ1n) is 9.42. The van der Waals surface area contributed by atoms with Gasteiger partial charge in [0.1, 0.15) is 11.1 Å². The number of unbranched alkanes of at least 4 members (excludes halogenated alkanes) is 12. The van der Waals surface area contributed by atoms with Crippen LogP contribution < -0.4 is 0 Å². The SMILES string of the molecule is CCCCCCCCCCCCCCCC(O)c1nccs1. The van der Waals surface area contributed by atoms with E-state index in [0.717, 1.165) is 17.8 Å². The van der Waals surface area contributed by atoms with E-state index in [2.05, 4.69) is 11.9 Å². The summed E-state index contributed by atoms with van der Waals surface area (Å²) in [4.78, 5) is 4.16. The maximum absolute atomic E-state index is 9.93. The third-order valence-electron chi connectivity index (χ3n) is 4.32. The molecule has 0 saturated carbocycles. The largest absolute Gasteiger partial charge is 0.386 e. The monoisotopic (exact) mass is 325 g/mol. The fourth-order valence-corrected chi connectivity index (χ4v) is 3.54. The molecule has 0 fully saturated rings. The molecule has 1 heterocycles. The Hall–Kier alpha value is -0.410. The molecule has 0 aliphatic heterocycles. The predicted octanol–water partition coefficient (Wildman–Crippen LogP) is 6.66. The minimum atomic E-state index is -0.340. The Morgan fingerprint density at radius 3 is 1.82 bits per heavy atom. The Bertz CT molecular complexity index is 326. The summed E-state index contributed by atoms with van der Waals surface area (Å²) in [7, 11) is 0. The molecule has 1 unspecified atom stereocenters. The second-order valence-electron chi connectivity index (χ2n) is 6.42. The smallest absolute Gasteiger partial charge is 0.121 e. The molecule has 1 rings (SSSR count). The number of hydrogen-bond acceptors (Lipinski definition) is 3. The summed E-state index contributed by atoms with van der Waals surface area (Å²) in [5, 5.41) is 12.7. The van der Waals surface area contributed by atoms with E-state index >= 15 is 0 Å². The summed E-state index contributed by atoms with van der Waals surface area (Å²) in [5.41, 5.74) is 0. The Labute approximate surface area is 141 Å². The van der Waals surface area contributed by atoms with E-state index in [4.69, 9.17) is 0 Å². The van der Waals surface area contributed by atoms with Crippen molar-refractivity contribution in [1.82, 2.24) is 4.98 Å². The summed E-state index contributed by atoms with van der Waals surface area (Å²) < 4.78 is 0. The van der Waals surface area contributed by atoms with Gasteiger partial charge >= 0.3 is 0 Å². The van der Waals surface area contributed by atoms with Crippen LogP contribution in [0.15, 0.2) is 11.6 Å². The van der Waals surface area contributed by atoms with Crippen LogP contribution in [-0.2, 0) is 0 Å². The standard InChI is InChI=1S/C19H35NOS/c1-2-3-4-5-6-7-8-9-10-11-12-13-14-15-18(21)19-20-16-17-22-19/h16-18,21H,2-15H2,1H3. The number of aliphatic hydroxyl groups excluding tert-OH is 1. The molecule has 128 valence electrons. The van der Waals surface area contributed by atoms with Gasteiger partial charge in [-0.25, -0.2) is 4.98 Å². The van der Waals surface area contributed by atoms with Crippen LogP contribution in [0.3, 0.4) is 0 Å². The summed E-state index contributed by atoms with van der Waals surface area (Å²) in [6.07, 6.45) is 20.1. The number of rotatable bonds is 15. The van der Waals surface area contributed by atoms with Crippen LogP contribution in [0.25, 0.3) is 0 Å². The third kappa shape index (κ3) is 10.3. The highest BCUT2D eigenvalue weighted by Crippen LogP contribution is 2.21. The topological polar surface area (TPSA) is 33.1 Å². The molecular formula is C19H35NOS. The molecule has 0 aliphatic rings. The molecule has 22 heavy (non-hydrogen) atoms. The third-order valence-corrected chi connectivity index (χ3v) is 5.19. The van der Waals surface area contributed by atoms with Gasteiger partial charge in [-0.1, -0.05) is 90.4 Å². The van der Waals surface area contributed by atoms with E-state index in [1.54, 1.807) is 17.5 Å². The molecule has 0 saturated heterocycles. The first kappa shape index (κ1) is 19.6. The fraction of sp³-hybridized carbons (Fsp3) is 0.842. The normalized spacial score (nSPS) is 12.6. The number of thiazole rings is 1. The van der Waals surface area contributed by atoms with Crippen molar-refractivity contribution in [2.45, 2.75) is 103 Å². The summed E-state index contributed by atoms with van der Waals surface area (Å²) >= 11 is 1.56. The molecule has 1 N–H and O–H groups in total. The van der Waals surface area contributed by atoms with Crippen LogP contribution in [0.4, 0.5) is 0 Å².